The number of aryl methyl sites for hydroxylation is 2. The fourth-order valence-electron chi connectivity index (χ4n) is 6.38. The SMILES string of the molecule is COc1ccc(Nc2ccc3c(O)c(N=Nc4cc(CO)c(N=Nc5cc(C)c(N=Nc6ccc(N=Nc7ccccc7S(=O)(=O)O)c(C)c6)cc5OC)cc4OC)ccc3c2)cc1. The zero-order valence-corrected chi connectivity index (χ0v) is 35.9. The van der Waals surface area contributed by atoms with Crippen LogP contribution in [0.1, 0.15) is 16.7 Å². The van der Waals surface area contributed by atoms with E-state index in [9.17, 15) is 23.2 Å². The van der Waals surface area contributed by atoms with Crippen molar-refractivity contribution < 1.29 is 37.4 Å². The highest BCUT2D eigenvalue weighted by molar-refractivity contribution is 7.86. The van der Waals surface area contributed by atoms with Crippen LogP contribution in [0.2, 0.25) is 0 Å². The van der Waals surface area contributed by atoms with Crippen LogP contribution >= 0.6 is 0 Å². The van der Waals surface area contributed by atoms with Gasteiger partial charge < -0.3 is 29.7 Å². The molecule has 18 heteroatoms. The lowest BCUT2D eigenvalue weighted by molar-refractivity contribution is 0.282. The van der Waals surface area contributed by atoms with Crippen molar-refractivity contribution in [3.05, 3.63) is 138 Å². The van der Waals surface area contributed by atoms with E-state index in [1.807, 2.05) is 49.4 Å². The molecule has 0 aliphatic heterocycles. The number of rotatable bonds is 15. The molecule has 0 spiro atoms. The number of phenols is 1. The largest absolute Gasteiger partial charge is 0.505 e. The Morgan fingerprint density at radius 3 is 1.83 bits per heavy atom. The first-order chi connectivity index (χ1) is 30.9. The summed E-state index contributed by atoms with van der Waals surface area (Å²) in [5, 5.41) is 60.7. The summed E-state index contributed by atoms with van der Waals surface area (Å²) in [5.74, 6) is 1.38. The molecule has 64 heavy (non-hydrogen) atoms. The summed E-state index contributed by atoms with van der Waals surface area (Å²) >= 11 is 0. The summed E-state index contributed by atoms with van der Waals surface area (Å²) in [4.78, 5) is -0.347. The number of aliphatic hydroxyl groups is 1. The van der Waals surface area contributed by atoms with Crippen molar-refractivity contribution in [3.63, 3.8) is 0 Å². The lowest BCUT2D eigenvalue weighted by Gasteiger charge is -2.11. The number of ether oxygens (including phenoxy) is 3. The number of phenolic OH excluding ortho intramolecular Hbond substituents is 1. The van der Waals surface area contributed by atoms with Gasteiger partial charge in [-0.3, -0.25) is 4.55 Å². The number of nitrogens with zero attached hydrogens (tertiary/aromatic N) is 8. The number of nitrogens with one attached hydrogen (secondary N) is 1. The average molecular weight is 880 g/mol. The van der Waals surface area contributed by atoms with E-state index in [2.05, 4.69) is 46.2 Å². The van der Waals surface area contributed by atoms with Gasteiger partial charge >= 0.3 is 0 Å². The fraction of sp³-hybridized carbons (Fsp3) is 0.130. The lowest BCUT2D eigenvalue weighted by atomic mass is 10.1. The fourth-order valence-corrected chi connectivity index (χ4v) is 7.01. The molecular weight excluding hydrogens is 839 g/mol. The number of hydrogen-bond acceptors (Lipinski definition) is 16. The minimum Gasteiger partial charge on any atom is -0.505 e. The van der Waals surface area contributed by atoms with Crippen molar-refractivity contribution in [1.29, 1.82) is 0 Å². The third-order valence-electron chi connectivity index (χ3n) is 9.79. The molecule has 17 nitrogen and oxygen atoms in total. The van der Waals surface area contributed by atoms with E-state index in [0.717, 1.165) is 28.1 Å². The Kier molecular flexibility index (Phi) is 13.4. The van der Waals surface area contributed by atoms with Gasteiger partial charge in [-0.05, 0) is 121 Å². The molecule has 0 aromatic heterocycles. The van der Waals surface area contributed by atoms with E-state index in [-0.39, 0.29) is 22.0 Å². The summed E-state index contributed by atoms with van der Waals surface area (Å²) in [6.45, 7) is 3.23. The van der Waals surface area contributed by atoms with Crippen molar-refractivity contribution in [3.8, 4) is 23.0 Å². The summed E-state index contributed by atoms with van der Waals surface area (Å²) < 4.78 is 49.4. The molecule has 0 radical (unpaired) electrons. The molecule has 7 rings (SSSR count). The van der Waals surface area contributed by atoms with Crippen molar-refractivity contribution >= 4 is 77.8 Å². The van der Waals surface area contributed by atoms with E-state index in [1.54, 1.807) is 74.7 Å². The predicted octanol–water partition coefficient (Wildman–Crippen LogP) is 13.3. The third-order valence-corrected chi connectivity index (χ3v) is 10.7. The number of hydrogen-bond donors (Lipinski definition) is 4. The maximum Gasteiger partial charge on any atom is 0.296 e. The summed E-state index contributed by atoms with van der Waals surface area (Å²) in [6.07, 6.45) is 0. The van der Waals surface area contributed by atoms with Gasteiger partial charge in [-0.15, -0.1) is 25.6 Å². The number of anilines is 2. The number of fused-ring (bicyclic) bond motifs is 1. The van der Waals surface area contributed by atoms with Gasteiger partial charge in [0.25, 0.3) is 10.1 Å². The zero-order valence-electron chi connectivity index (χ0n) is 35.1. The zero-order chi connectivity index (χ0) is 45.4. The van der Waals surface area contributed by atoms with E-state index < -0.39 is 16.7 Å². The number of azo groups is 4. The van der Waals surface area contributed by atoms with Crippen molar-refractivity contribution in [1.82, 2.24) is 0 Å². The normalized spacial score (nSPS) is 12.0. The highest BCUT2D eigenvalue weighted by atomic mass is 32.2. The molecule has 0 bridgehead atoms. The van der Waals surface area contributed by atoms with Crippen LogP contribution in [0.5, 0.6) is 23.0 Å². The average Bonchev–Trinajstić information content (AvgIpc) is 3.30. The monoisotopic (exact) mass is 879 g/mol. The lowest BCUT2D eigenvalue weighted by Crippen LogP contribution is -1.97. The molecule has 0 heterocycles. The first kappa shape index (κ1) is 44.1. The first-order valence-corrected chi connectivity index (χ1v) is 20.8. The Morgan fingerprint density at radius 2 is 1.14 bits per heavy atom. The number of aromatic hydroxyl groups is 1. The Labute approximate surface area is 367 Å². The van der Waals surface area contributed by atoms with Crippen LogP contribution < -0.4 is 19.5 Å². The summed E-state index contributed by atoms with van der Waals surface area (Å²) in [7, 11) is 0.1000. The highest BCUT2D eigenvalue weighted by Crippen LogP contribution is 2.42. The maximum absolute atomic E-state index is 11.7. The minimum atomic E-state index is -4.47. The van der Waals surface area contributed by atoms with Gasteiger partial charge in [0.2, 0.25) is 0 Å². The van der Waals surface area contributed by atoms with Crippen molar-refractivity contribution in [2.75, 3.05) is 26.6 Å². The molecular formula is C46H41N9O8S. The van der Waals surface area contributed by atoms with Crippen molar-refractivity contribution in [2.24, 2.45) is 40.9 Å². The number of aliphatic hydroxyl groups excluding tert-OH is 1. The van der Waals surface area contributed by atoms with Crippen molar-refractivity contribution in [2.45, 2.75) is 25.3 Å². The third kappa shape index (κ3) is 10.2. The van der Waals surface area contributed by atoms with Gasteiger partial charge in [0.1, 0.15) is 44.9 Å². The van der Waals surface area contributed by atoms with Gasteiger partial charge in [-0.2, -0.15) is 23.8 Å². The summed E-state index contributed by atoms with van der Waals surface area (Å²) in [5.41, 5.74) is 6.27. The van der Waals surface area contributed by atoms with E-state index >= 15 is 0 Å². The summed E-state index contributed by atoms with van der Waals surface area (Å²) in [6, 6.07) is 34.0. The molecule has 7 aromatic carbocycles. The highest BCUT2D eigenvalue weighted by Gasteiger charge is 2.16. The predicted molar refractivity (Wildman–Crippen MR) is 243 cm³/mol. The van der Waals surface area contributed by atoms with Crippen LogP contribution in [0.15, 0.2) is 167 Å². The Morgan fingerprint density at radius 1 is 0.547 bits per heavy atom. The standard InChI is InChI=1S/C46H41N9O8S/c1-27-20-33(14-19-36(27)49-50-37-8-6-7-9-45(37)64(58,59)60)48-52-39-24-43(62-4)41(21-28(39)2)54-53-40-25-44(63-5)42(23-30(40)26-56)55-51-38-18-10-29-22-32(13-17-35(29)46(38)57)47-31-11-15-34(61-3)16-12-31/h6-25,47,56-57H,26H2,1-5H3,(H,58,59,60). The van der Waals surface area contributed by atoms with Gasteiger partial charge in [-0.25, -0.2) is 0 Å². The van der Waals surface area contributed by atoms with Gasteiger partial charge in [0.15, 0.2) is 5.75 Å². The quantitative estimate of drug-likeness (QED) is 0.0565. The van der Waals surface area contributed by atoms with Crippen LogP contribution in [0.25, 0.3) is 10.8 Å². The van der Waals surface area contributed by atoms with Crippen LogP contribution in [-0.2, 0) is 16.7 Å². The Hall–Kier alpha value is -7.93. The molecule has 0 aliphatic rings. The molecule has 7 aromatic rings. The Bertz CT molecular complexity index is 3100. The smallest absolute Gasteiger partial charge is 0.296 e. The molecule has 0 saturated heterocycles. The molecule has 0 saturated carbocycles. The first-order valence-electron chi connectivity index (χ1n) is 19.4. The molecule has 324 valence electrons. The van der Waals surface area contributed by atoms with E-state index in [1.165, 1.54) is 32.4 Å². The molecule has 0 fully saturated rings. The number of benzene rings is 7. The van der Waals surface area contributed by atoms with E-state index in [0.29, 0.717) is 62.1 Å². The van der Waals surface area contributed by atoms with Crippen LogP contribution in [0.4, 0.5) is 56.9 Å². The molecule has 0 aliphatic carbocycles. The van der Waals surface area contributed by atoms with Gasteiger partial charge in [0.05, 0.1) is 50.7 Å². The molecule has 0 unspecified atom stereocenters. The maximum atomic E-state index is 11.7. The molecule has 0 amide bonds. The second-order valence-electron chi connectivity index (χ2n) is 14.1. The topological polar surface area (TPSA) is 233 Å². The van der Waals surface area contributed by atoms with Crippen LogP contribution in [0.3, 0.4) is 0 Å². The van der Waals surface area contributed by atoms with Crippen LogP contribution in [0, 0.1) is 13.8 Å². The second kappa shape index (κ2) is 19.4. The van der Waals surface area contributed by atoms with Gasteiger partial charge in [0, 0.05) is 34.5 Å². The molecule has 0 atom stereocenters. The minimum absolute atomic E-state index is 0.00105. The second-order valence-corrected chi connectivity index (χ2v) is 15.4. The van der Waals surface area contributed by atoms with E-state index in [4.69, 9.17) is 14.2 Å². The number of methoxy groups -OCH3 is 3. The van der Waals surface area contributed by atoms with Gasteiger partial charge in [-0.1, -0.05) is 18.2 Å². The molecule has 4 N–H and O–H groups in total. The van der Waals surface area contributed by atoms with Crippen LogP contribution in [-0.4, -0.2) is 44.5 Å². The Balaban J connectivity index is 1.06.